The average Bonchev–Trinajstić information content (AvgIpc) is 3.53. The number of nitrogen functional groups attached to an aromatic ring is 1. The van der Waals surface area contributed by atoms with Crippen molar-refractivity contribution in [1.82, 2.24) is 30.7 Å². The van der Waals surface area contributed by atoms with Crippen LogP contribution in [0.15, 0.2) is 58.3 Å². The van der Waals surface area contributed by atoms with E-state index in [-0.39, 0.29) is 17.3 Å². The molecule has 0 unspecified atom stereocenters. The lowest BCUT2D eigenvalue weighted by atomic mass is 10.1. The van der Waals surface area contributed by atoms with Crippen LogP contribution in [0.2, 0.25) is 0 Å². The van der Waals surface area contributed by atoms with Gasteiger partial charge in [-0.25, -0.2) is 14.8 Å². The van der Waals surface area contributed by atoms with E-state index in [0.29, 0.717) is 34.7 Å². The highest BCUT2D eigenvalue weighted by molar-refractivity contribution is 5.99. The van der Waals surface area contributed by atoms with Gasteiger partial charge in [0.1, 0.15) is 11.4 Å². The lowest BCUT2D eigenvalue weighted by Gasteiger charge is -2.08. The number of hydrogen-bond donors (Lipinski definition) is 2. The van der Waals surface area contributed by atoms with E-state index in [1.165, 1.54) is 18.0 Å². The molecule has 4 rings (SSSR count). The van der Waals surface area contributed by atoms with Gasteiger partial charge in [0.2, 0.25) is 11.6 Å². The summed E-state index contributed by atoms with van der Waals surface area (Å²) >= 11 is 0. The van der Waals surface area contributed by atoms with Crippen LogP contribution in [0.1, 0.15) is 39.8 Å². The predicted octanol–water partition coefficient (Wildman–Crippen LogP) is 2.24. The maximum atomic E-state index is 13.0. The highest BCUT2D eigenvalue weighted by Gasteiger charge is 2.25. The quantitative estimate of drug-likeness (QED) is 0.201. The van der Waals surface area contributed by atoms with Crippen molar-refractivity contribution in [2.75, 3.05) is 19.5 Å². The molecule has 0 atom stereocenters. The van der Waals surface area contributed by atoms with Crippen molar-refractivity contribution in [1.29, 1.82) is 0 Å². The topological polar surface area (TPSA) is 173 Å². The Labute approximate surface area is 204 Å². The Kier molecular flexibility index (Phi) is 7.29. The number of hydrazone groups is 1. The fourth-order valence-corrected chi connectivity index (χ4v) is 3.15. The molecule has 0 fully saturated rings. The van der Waals surface area contributed by atoms with Crippen molar-refractivity contribution in [3.63, 3.8) is 0 Å². The van der Waals surface area contributed by atoms with Crippen LogP contribution in [-0.4, -0.2) is 57.1 Å². The smallest absolute Gasteiger partial charge is 0.337 e. The number of carbonyl (C=O) groups is 2. The van der Waals surface area contributed by atoms with E-state index in [1.807, 2.05) is 6.92 Å². The first-order chi connectivity index (χ1) is 17.5. The summed E-state index contributed by atoms with van der Waals surface area (Å²) in [5, 5.41) is 19.3. The molecule has 0 radical (unpaired) electrons. The molecule has 184 valence electrons. The monoisotopic (exact) mass is 490 g/mol. The summed E-state index contributed by atoms with van der Waals surface area (Å²) in [6, 6.07) is 13.5. The van der Waals surface area contributed by atoms with E-state index in [9.17, 15) is 9.59 Å². The first kappa shape index (κ1) is 24.1. The van der Waals surface area contributed by atoms with Gasteiger partial charge in [0.25, 0.3) is 5.91 Å². The maximum absolute atomic E-state index is 13.0. The number of nitrogens with one attached hydrogen (secondary N) is 1. The van der Waals surface area contributed by atoms with E-state index in [2.05, 4.69) is 40.5 Å². The number of anilines is 1. The third kappa shape index (κ3) is 5.19. The Hall–Kier alpha value is -5.07. The molecule has 1 amide bonds. The fraction of sp³-hybridized carbons (Fsp3) is 0.174. The number of aromatic nitrogens is 5. The molecule has 13 heteroatoms. The van der Waals surface area contributed by atoms with E-state index in [1.54, 1.807) is 48.5 Å². The molecular weight excluding hydrogens is 468 g/mol. The molecule has 0 saturated carbocycles. The molecule has 13 nitrogen and oxygen atoms in total. The van der Waals surface area contributed by atoms with Gasteiger partial charge in [-0.05, 0) is 58.7 Å². The number of carbonyl (C=O) groups excluding carboxylic acids is 2. The second kappa shape index (κ2) is 10.9. The van der Waals surface area contributed by atoms with E-state index >= 15 is 0 Å². The van der Waals surface area contributed by atoms with Crippen LogP contribution in [0, 0.1) is 0 Å². The molecule has 2 aromatic heterocycles. The first-order valence-electron chi connectivity index (χ1n) is 10.8. The van der Waals surface area contributed by atoms with Gasteiger partial charge in [-0.15, -0.1) is 5.10 Å². The number of methoxy groups -OCH3 is 1. The molecule has 0 spiro atoms. The summed E-state index contributed by atoms with van der Waals surface area (Å²) < 4.78 is 16.2. The number of nitrogens with two attached hydrogens (primary N) is 1. The SMILES string of the molecule is CCCOc1ccc(-c2c(C(=O)N/N=C/c3ccc(C(=O)OC)cc3)nnn2-c2nonc2N)cc1. The Morgan fingerprint density at radius 3 is 2.53 bits per heavy atom. The minimum atomic E-state index is -0.625. The first-order valence-corrected chi connectivity index (χ1v) is 10.8. The molecule has 0 aliphatic carbocycles. The van der Waals surface area contributed by atoms with Crippen LogP contribution >= 0.6 is 0 Å². The minimum absolute atomic E-state index is 0.0237. The van der Waals surface area contributed by atoms with Crippen LogP contribution in [-0.2, 0) is 4.74 Å². The highest BCUT2D eigenvalue weighted by Crippen LogP contribution is 2.28. The van der Waals surface area contributed by atoms with Gasteiger partial charge < -0.3 is 15.2 Å². The Bertz CT molecular complexity index is 1380. The molecule has 36 heavy (non-hydrogen) atoms. The number of hydrogen-bond acceptors (Lipinski definition) is 11. The van der Waals surface area contributed by atoms with Gasteiger partial charge in [0.05, 0.1) is 25.5 Å². The maximum Gasteiger partial charge on any atom is 0.337 e. The average molecular weight is 490 g/mol. The normalized spacial score (nSPS) is 10.9. The highest BCUT2D eigenvalue weighted by atomic mass is 16.6. The molecule has 2 aromatic carbocycles. The minimum Gasteiger partial charge on any atom is -0.494 e. The molecule has 0 aliphatic rings. The van der Waals surface area contributed by atoms with Crippen LogP contribution in [0.4, 0.5) is 5.82 Å². The largest absolute Gasteiger partial charge is 0.494 e. The van der Waals surface area contributed by atoms with Gasteiger partial charge in [0, 0.05) is 5.56 Å². The van der Waals surface area contributed by atoms with E-state index < -0.39 is 11.9 Å². The van der Waals surface area contributed by atoms with Crippen molar-refractivity contribution < 1.29 is 23.7 Å². The van der Waals surface area contributed by atoms with Gasteiger partial charge in [-0.2, -0.15) is 9.78 Å². The number of ether oxygens (including phenoxy) is 2. The zero-order valence-corrected chi connectivity index (χ0v) is 19.4. The number of rotatable bonds is 9. The van der Waals surface area contributed by atoms with Gasteiger partial charge in [-0.1, -0.05) is 24.3 Å². The molecule has 3 N–H and O–H groups in total. The zero-order valence-electron chi connectivity index (χ0n) is 19.4. The molecular formula is C23H22N8O5. The summed E-state index contributed by atoms with van der Waals surface area (Å²) in [7, 11) is 1.31. The Morgan fingerprint density at radius 2 is 1.89 bits per heavy atom. The van der Waals surface area contributed by atoms with Crippen molar-refractivity contribution >= 4 is 23.9 Å². The van der Waals surface area contributed by atoms with Crippen molar-refractivity contribution in [2.45, 2.75) is 13.3 Å². The Balaban J connectivity index is 1.59. The second-order valence-corrected chi connectivity index (χ2v) is 7.36. The third-order valence-electron chi connectivity index (χ3n) is 4.89. The van der Waals surface area contributed by atoms with Gasteiger partial charge >= 0.3 is 5.97 Å². The van der Waals surface area contributed by atoms with Crippen LogP contribution in [0.25, 0.3) is 17.1 Å². The van der Waals surface area contributed by atoms with E-state index in [4.69, 9.17) is 10.5 Å². The summed E-state index contributed by atoms with van der Waals surface area (Å²) in [6.07, 6.45) is 2.29. The lowest BCUT2D eigenvalue weighted by Crippen LogP contribution is -2.19. The number of amides is 1. The second-order valence-electron chi connectivity index (χ2n) is 7.36. The lowest BCUT2D eigenvalue weighted by molar-refractivity contribution is 0.0600. The molecule has 0 bridgehead atoms. The molecule has 0 saturated heterocycles. The summed E-state index contributed by atoms with van der Waals surface area (Å²) in [5.74, 6) is -0.340. The van der Waals surface area contributed by atoms with Crippen molar-refractivity contribution in [3.05, 3.63) is 65.4 Å². The summed E-state index contributed by atoms with van der Waals surface area (Å²) in [5.41, 5.74) is 10.2. The molecule has 0 aliphatic heterocycles. The zero-order chi connectivity index (χ0) is 25.5. The van der Waals surface area contributed by atoms with Crippen LogP contribution < -0.4 is 15.9 Å². The fourth-order valence-electron chi connectivity index (χ4n) is 3.15. The van der Waals surface area contributed by atoms with Gasteiger partial charge in [-0.3, -0.25) is 4.79 Å². The van der Waals surface area contributed by atoms with Crippen molar-refractivity contribution in [2.24, 2.45) is 5.10 Å². The molecule has 2 heterocycles. The van der Waals surface area contributed by atoms with Crippen molar-refractivity contribution in [3.8, 4) is 22.8 Å². The summed E-state index contributed by atoms with van der Waals surface area (Å²) in [6.45, 7) is 2.59. The van der Waals surface area contributed by atoms with Gasteiger partial charge in [0.15, 0.2) is 5.69 Å². The Morgan fingerprint density at radius 1 is 1.14 bits per heavy atom. The predicted molar refractivity (Wildman–Crippen MR) is 128 cm³/mol. The van der Waals surface area contributed by atoms with Crippen LogP contribution in [0.3, 0.4) is 0 Å². The summed E-state index contributed by atoms with van der Waals surface area (Å²) in [4.78, 5) is 24.5. The number of benzene rings is 2. The van der Waals surface area contributed by atoms with Crippen LogP contribution in [0.5, 0.6) is 5.75 Å². The number of esters is 1. The number of nitrogens with zero attached hydrogens (tertiary/aromatic N) is 6. The third-order valence-corrected chi connectivity index (χ3v) is 4.89. The molecule has 4 aromatic rings. The standard InChI is InChI=1S/C23H22N8O5/c1-3-12-35-17-10-8-15(9-11-17)19-18(26-30-31(19)21-20(24)28-36-29-21)22(32)27-25-13-14-4-6-16(7-5-14)23(33)34-2/h4-11,13H,3,12H2,1-2H3,(H2,24,28)(H,27,32)/b25-13+. The van der Waals surface area contributed by atoms with E-state index in [0.717, 1.165) is 6.42 Å².